The van der Waals surface area contributed by atoms with Crippen LogP contribution in [0, 0.1) is 13.8 Å². The maximum absolute atomic E-state index is 5.71. The number of rotatable bonds is 3. The van der Waals surface area contributed by atoms with Crippen molar-refractivity contribution in [1.82, 2.24) is 5.16 Å². The van der Waals surface area contributed by atoms with Crippen molar-refractivity contribution < 1.29 is 4.52 Å². The molecule has 0 aliphatic carbocycles. The highest BCUT2D eigenvalue weighted by atomic mass is 35.5. The van der Waals surface area contributed by atoms with Crippen LogP contribution in [0.2, 0.25) is 0 Å². The summed E-state index contributed by atoms with van der Waals surface area (Å²) >= 11 is 0. The number of likely N-dealkylation sites (N-methyl/N-ethyl adjacent to an activating group) is 1. The van der Waals surface area contributed by atoms with Gasteiger partial charge in [-0.2, -0.15) is 0 Å². The quantitative estimate of drug-likeness (QED) is 0.837. The highest BCUT2D eigenvalue weighted by molar-refractivity contribution is 5.85. The Kier molecular flexibility index (Phi) is 4.94. The molecule has 82 valence electrons. The average Bonchev–Trinajstić information content (AvgIpc) is 2.29. The number of aryl methyl sites for hydroxylation is 2. The molecule has 1 aromatic rings. The Balaban J connectivity index is 0.00000169. The van der Waals surface area contributed by atoms with Crippen molar-refractivity contribution in [3.8, 4) is 0 Å². The van der Waals surface area contributed by atoms with Crippen molar-refractivity contribution in [2.24, 2.45) is 5.73 Å². The number of aromatic nitrogens is 1. The van der Waals surface area contributed by atoms with Gasteiger partial charge in [0, 0.05) is 19.6 Å². The normalized spacial score (nSPS) is 12.1. The third-order valence-corrected chi connectivity index (χ3v) is 1.94. The van der Waals surface area contributed by atoms with E-state index in [1.54, 1.807) is 0 Å². The minimum atomic E-state index is 0. The average molecular weight is 220 g/mol. The molecule has 0 aliphatic rings. The van der Waals surface area contributed by atoms with Gasteiger partial charge in [-0.1, -0.05) is 5.16 Å². The Labute approximate surface area is 90.8 Å². The van der Waals surface area contributed by atoms with E-state index in [1.807, 2.05) is 27.8 Å². The van der Waals surface area contributed by atoms with Gasteiger partial charge >= 0.3 is 0 Å². The summed E-state index contributed by atoms with van der Waals surface area (Å²) in [5, 5.41) is 3.89. The zero-order valence-corrected chi connectivity index (χ0v) is 9.89. The third-order valence-electron chi connectivity index (χ3n) is 1.94. The molecule has 4 nitrogen and oxygen atoms in total. The van der Waals surface area contributed by atoms with Crippen LogP contribution in [0.4, 0.5) is 5.69 Å². The number of hydrogen-bond donors (Lipinski definition) is 1. The van der Waals surface area contributed by atoms with Gasteiger partial charge in [-0.15, -0.1) is 12.4 Å². The predicted molar refractivity (Wildman–Crippen MR) is 60.1 cm³/mol. The Bertz CT molecular complexity index is 266. The van der Waals surface area contributed by atoms with Crippen LogP contribution in [-0.2, 0) is 0 Å². The lowest BCUT2D eigenvalue weighted by Crippen LogP contribution is -2.33. The Morgan fingerprint density at radius 2 is 2.07 bits per heavy atom. The van der Waals surface area contributed by atoms with Gasteiger partial charge in [0.2, 0.25) is 0 Å². The second-order valence-electron chi connectivity index (χ2n) is 3.53. The monoisotopic (exact) mass is 219 g/mol. The van der Waals surface area contributed by atoms with Crippen molar-refractivity contribution in [2.45, 2.75) is 26.8 Å². The zero-order chi connectivity index (χ0) is 10.0. The molecule has 0 saturated carbocycles. The molecule has 2 N–H and O–H groups in total. The first-order chi connectivity index (χ1) is 6.02. The van der Waals surface area contributed by atoms with Gasteiger partial charge in [0.15, 0.2) is 5.76 Å². The van der Waals surface area contributed by atoms with Gasteiger partial charge in [-0.3, -0.25) is 0 Å². The van der Waals surface area contributed by atoms with Gasteiger partial charge in [-0.25, -0.2) is 0 Å². The molecule has 0 amide bonds. The molecule has 1 unspecified atom stereocenters. The molecule has 0 spiro atoms. The molecule has 0 aliphatic heterocycles. The summed E-state index contributed by atoms with van der Waals surface area (Å²) in [5.41, 5.74) is 7.68. The summed E-state index contributed by atoms with van der Waals surface area (Å²) in [6, 6.07) is 0.152. The minimum Gasteiger partial charge on any atom is -0.369 e. The maximum Gasteiger partial charge on any atom is 0.157 e. The Morgan fingerprint density at radius 1 is 1.50 bits per heavy atom. The smallest absolute Gasteiger partial charge is 0.157 e. The highest BCUT2D eigenvalue weighted by Gasteiger charge is 2.13. The fourth-order valence-electron chi connectivity index (χ4n) is 1.55. The van der Waals surface area contributed by atoms with Gasteiger partial charge < -0.3 is 15.2 Å². The molecule has 1 heterocycles. The standard InChI is InChI=1S/C9H17N3O.ClH/c1-6(10)5-12(4)9-7(2)11-13-8(9)3;/h6H,5,10H2,1-4H3;1H. The predicted octanol–water partition coefficient (Wildman–Crippen LogP) is 1.50. The minimum absolute atomic E-state index is 0. The summed E-state index contributed by atoms with van der Waals surface area (Å²) in [4.78, 5) is 2.08. The molecule has 5 heteroatoms. The van der Waals surface area contributed by atoms with Crippen LogP contribution in [0.1, 0.15) is 18.4 Å². The van der Waals surface area contributed by atoms with Crippen molar-refractivity contribution in [3.05, 3.63) is 11.5 Å². The van der Waals surface area contributed by atoms with Crippen LogP contribution >= 0.6 is 12.4 Å². The first kappa shape index (κ1) is 13.3. The van der Waals surface area contributed by atoms with Crippen LogP contribution in [0.3, 0.4) is 0 Å². The van der Waals surface area contributed by atoms with E-state index in [1.165, 1.54) is 0 Å². The first-order valence-electron chi connectivity index (χ1n) is 4.42. The molecule has 0 fully saturated rings. The summed E-state index contributed by atoms with van der Waals surface area (Å²) < 4.78 is 5.07. The molecule has 1 aromatic heterocycles. The molecule has 0 saturated heterocycles. The van der Waals surface area contributed by atoms with E-state index in [4.69, 9.17) is 10.3 Å². The first-order valence-corrected chi connectivity index (χ1v) is 4.42. The van der Waals surface area contributed by atoms with E-state index in [0.717, 1.165) is 23.7 Å². The largest absolute Gasteiger partial charge is 0.369 e. The SMILES string of the molecule is Cc1noc(C)c1N(C)CC(C)N.Cl. The van der Waals surface area contributed by atoms with E-state index < -0.39 is 0 Å². The topological polar surface area (TPSA) is 55.3 Å². The second kappa shape index (κ2) is 5.22. The van der Waals surface area contributed by atoms with Crippen LogP contribution in [-0.4, -0.2) is 24.8 Å². The lowest BCUT2D eigenvalue weighted by atomic mass is 10.2. The van der Waals surface area contributed by atoms with Crippen LogP contribution in [0.15, 0.2) is 4.52 Å². The van der Waals surface area contributed by atoms with Gasteiger partial charge in [0.05, 0.1) is 0 Å². The van der Waals surface area contributed by atoms with Crippen molar-refractivity contribution in [2.75, 3.05) is 18.5 Å². The van der Waals surface area contributed by atoms with Crippen LogP contribution in [0.5, 0.6) is 0 Å². The van der Waals surface area contributed by atoms with E-state index in [0.29, 0.717) is 0 Å². The van der Waals surface area contributed by atoms with Crippen LogP contribution in [0.25, 0.3) is 0 Å². The number of nitrogens with two attached hydrogens (primary N) is 1. The van der Waals surface area contributed by atoms with Crippen molar-refractivity contribution in [1.29, 1.82) is 0 Å². The molecule has 0 bridgehead atoms. The second-order valence-corrected chi connectivity index (χ2v) is 3.53. The molecule has 1 atom stereocenters. The molecule has 1 rings (SSSR count). The molecule has 0 aromatic carbocycles. The lowest BCUT2D eigenvalue weighted by molar-refractivity contribution is 0.393. The molecule has 0 radical (unpaired) electrons. The van der Waals surface area contributed by atoms with Crippen molar-refractivity contribution >= 4 is 18.1 Å². The van der Waals surface area contributed by atoms with Gasteiger partial charge in [0.25, 0.3) is 0 Å². The Hall–Kier alpha value is -0.740. The van der Waals surface area contributed by atoms with E-state index in [2.05, 4.69) is 10.1 Å². The van der Waals surface area contributed by atoms with E-state index in [9.17, 15) is 0 Å². The van der Waals surface area contributed by atoms with E-state index in [-0.39, 0.29) is 18.4 Å². The van der Waals surface area contributed by atoms with Crippen LogP contribution < -0.4 is 10.6 Å². The van der Waals surface area contributed by atoms with Crippen molar-refractivity contribution in [3.63, 3.8) is 0 Å². The summed E-state index contributed by atoms with van der Waals surface area (Å²) in [6.07, 6.45) is 0. The number of anilines is 1. The Morgan fingerprint density at radius 3 is 2.43 bits per heavy atom. The molecule has 14 heavy (non-hydrogen) atoms. The fourth-order valence-corrected chi connectivity index (χ4v) is 1.55. The lowest BCUT2D eigenvalue weighted by Gasteiger charge is -2.20. The van der Waals surface area contributed by atoms with E-state index >= 15 is 0 Å². The summed E-state index contributed by atoms with van der Waals surface area (Å²) in [6.45, 7) is 6.63. The summed E-state index contributed by atoms with van der Waals surface area (Å²) in [5.74, 6) is 0.848. The zero-order valence-electron chi connectivity index (χ0n) is 9.07. The fraction of sp³-hybridized carbons (Fsp3) is 0.667. The van der Waals surface area contributed by atoms with Gasteiger partial charge in [-0.05, 0) is 20.8 Å². The molecular weight excluding hydrogens is 202 g/mol. The number of nitrogens with zero attached hydrogens (tertiary/aromatic N) is 2. The van der Waals surface area contributed by atoms with Gasteiger partial charge in [0.1, 0.15) is 11.4 Å². The molecular formula is C9H18ClN3O. The maximum atomic E-state index is 5.71. The number of hydrogen-bond acceptors (Lipinski definition) is 4. The number of halogens is 1. The highest BCUT2D eigenvalue weighted by Crippen LogP contribution is 2.22. The summed E-state index contributed by atoms with van der Waals surface area (Å²) in [7, 11) is 2.00. The third kappa shape index (κ3) is 2.89.